The average molecular weight is 330 g/mol. The fourth-order valence-corrected chi connectivity index (χ4v) is 4.56. The first kappa shape index (κ1) is 14.3. The zero-order chi connectivity index (χ0) is 15.3. The highest BCUT2D eigenvalue weighted by Gasteiger charge is 2.43. The third-order valence-corrected chi connectivity index (χ3v) is 5.43. The molecule has 1 saturated heterocycles. The topological polar surface area (TPSA) is 3.24 Å². The quantitative estimate of drug-likeness (QED) is 0.728. The van der Waals surface area contributed by atoms with Gasteiger partial charge >= 0.3 is 0 Å². The molecule has 3 heteroatoms. The van der Waals surface area contributed by atoms with Crippen molar-refractivity contribution < 1.29 is 0 Å². The van der Waals surface area contributed by atoms with Gasteiger partial charge in [0, 0.05) is 41.5 Å². The number of hydrogen-bond donors (Lipinski definition) is 0. The summed E-state index contributed by atoms with van der Waals surface area (Å²) in [6, 6.07) is 14.5. The fourth-order valence-electron chi connectivity index (χ4n) is 3.93. The Hall–Kier alpha value is -1.28. The van der Waals surface area contributed by atoms with Gasteiger partial charge in [-0.2, -0.15) is 0 Å². The molecular weight excluding hydrogens is 313 g/mol. The van der Waals surface area contributed by atoms with Crippen molar-refractivity contribution in [2.24, 2.45) is 5.92 Å². The van der Waals surface area contributed by atoms with Gasteiger partial charge < -0.3 is 0 Å². The van der Waals surface area contributed by atoms with E-state index in [-0.39, 0.29) is 0 Å². The van der Waals surface area contributed by atoms with Crippen molar-refractivity contribution in [3.8, 4) is 0 Å². The van der Waals surface area contributed by atoms with Crippen molar-refractivity contribution in [1.82, 2.24) is 4.90 Å². The van der Waals surface area contributed by atoms with Gasteiger partial charge in [0.25, 0.3) is 0 Å². The van der Waals surface area contributed by atoms with E-state index in [4.69, 9.17) is 23.2 Å². The lowest BCUT2D eigenvalue weighted by Gasteiger charge is -2.18. The van der Waals surface area contributed by atoms with E-state index < -0.39 is 0 Å². The van der Waals surface area contributed by atoms with E-state index in [1.165, 1.54) is 22.3 Å². The number of fused-ring (bicyclic) bond motifs is 3. The normalized spacial score (nSPS) is 23.6. The summed E-state index contributed by atoms with van der Waals surface area (Å²) >= 11 is 12.6. The number of likely N-dealkylation sites (tertiary alicyclic amines) is 1. The molecule has 1 fully saturated rings. The van der Waals surface area contributed by atoms with Crippen LogP contribution in [0.15, 0.2) is 49.0 Å². The minimum atomic E-state index is 0.455. The van der Waals surface area contributed by atoms with Crippen molar-refractivity contribution in [3.63, 3.8) is 0 Å². The van der Waals surface area contributed by atoms with Crippen LogP contribution in [0.2, 0.25) is 10.0 Å². The van der Waals surface area contributed by atoms with Crippen molar-refractivity contribution in [3.05, 3.63) is 75.8 Å². The SMILES string of the molecule is C=C1c2cc(Cl)cc(Cl)c2C2CN(Cc3ccccc3)CC12. The first-order valence-electron chi connectivity index (χ1n) is 7.58. The Morgan fingerprint density at radius 2 is 1.77 bits per heavy atom. The molecule has 0 saturated carbocycles. The molecule has 0 bridgehead atoms. The predicted octanol–water partition coefficient (Wildman–Crippen LogP) is 5.24. The van der Waals surface area contributed by atoms with Crippen molar-refractivity contribution in [1.29, 1.82) is 0 Å². The molecule has 1 heterocycles. The molecule has 2 aromatic carbocycles. The highest BCUT2D eigenvalue weighted by Crippen LogP contribution is 2.52. The first-order chi connectivity index (χ1) is 10.6. The molecule has 112 valence electrons. The van der Waals surface area contributed by atoms with Crippen LogP contribution in [-0.2, 0) is 6.54 Å². The lowest BCUT2D eigenvalue weighted by Crippen LogP contribution is -2.21. The van der Waals surface area contributed by atoms with E-state index in [1.807, 2.05) is 12.1 Å². The number of hydrogen-bond acceptors (Lipinski definition) is 1. The minimum Gasteiger partial charge on any atom is -0.298 e. The molecule has 2 atom stereocenters. The number of halogens is 2. The van der Waals surface area contributed by atoms with Gasteiger partial charge in [0.15, 0.2) is 0 Å². The van der Waals surface area contributed by atoms with Crippen molar-refractivity contribution in [2.75, 3.05) is 13.1 Å². The second kappa shape index (κ2) is 5.42. The standard InChI is InChI=1S/C19H17Cl2N/c1-12-15-7-14(20)8-18(21)19(15)17-11-22(10-16(12)17)9-13-5-3-2-4-6-13/h2-8,16-17H,1,9-11H2. The van der Waals surface area contributed by atoms with Crippen molar-refractivity contribution in [2.45, 2.75) is 12.5 Å². The number of benzene rings is 2. The number of rotatable bonds is 2. The molecular formula is C19H17Cl2N. The molecule has 2 unspecified atom stereocenters. The molecule has 4 rings (SSSR count). The Balaban J connectivity index is 1.61. The molecule has 0 N–H and O–H groups in total. The Kier molecular flexibility index (Phi) is 3.53. The molecule has 2 aliphatic rings. The molecule has 2 aromatic rings. The van der Waals surface area contributed by atoms with Crippen LogP contribution in [0.4, 0.5) is 0 Å². The van der Waals surface area contributed by atoms with Gasteiger partial charge in [0.05, 0.1) is 0 Å². The van der Waals surface area contributed by atoms with Crippen LogP contribution in [0.3, 0.4) is 0 Å². The summed E-state index contributed by atoms with van der Waals surface area (Å²) in [5, 5.41) is 1.49. The maximum atomic E-state index is 6.47. The zero-order valence-corrected chi connectivity index (χ0v) is 13.7. The van der Waals surface area contributed by atoms with Gasteiger partial charge in [-0.3, -0.25) is 4.90 Å². The average Bonchev–Trinajstić information content (AvgIpc) is 2.99. The smallest absolute Gasteiger partial charge is 0.0462 e. The van der Waals surface area contributed by atoms with Crippen LogP contribution >= 0.6 is 23.2 Å². The Morgan fingerprint density at radius 1 is 1.05 bits per heavy atom. The van der Waals surface area contributed by atoms with Crippen LogP contribution in [0.1, 0.15) is 22.6 Å². The summed E-state index contributed by atoms with van der Waals surface area (Å²) in [6.45, 7) is 7.38. The minimum absolute atomic E-state index is 0.455. The van der Waals surface area contributed by atoms with E-state index in [9.17, 15) is 0 Å². The predicted molar refractivity (Wildman–Crippen MR) is 93.4 cm³/mol. The van der Waals surface area contributed by atoms with Gasteiger partial charge in [0.1, 0.15) is 0 Å². The van der Waals surface area contributed by atoms with E-state index >= 15 is 0 Å². The molecule has 0 aromatic heterocycles. The zero-order valence-electron chi connectivity index (χ0n) is 12.2. The monoisotopic (exact) mass is 329 g/mol. The van der Waals surface area contributed by atoms with Crippen molar-refractivity contribution >= 4 is 28.8 Å². The van der Waals surface area contributed by atoms with Gasteiger partial charge in [-0.1, -0.05) is 60.1 Å². The Morgan fingerprint density at radius 3 is 2.55 bits per heavy atom. The summed E-state index contributed by atoms with van der Waals surface area (Å²) in [7, 11) is 0. The van der Waals surface area contributed by atoms with Crippen LogP contribution in [0, 0.1) is 5.92 Å². The van der Waals surface area contributed by atoms with Crippen LogP contribution < -0.4 is 0 Å². The van der Waals surface area contributed by atoms with E-state index in [2.05, 4.69) is 41.8 Å². The van der Waals surface area contributed by atoms with Gasteiger partial charge in [-0.15, -0.1) is 0 Å². The lowest BCUT2D eigenvalue weighted by atomic mass is 9.95. The molecule has 22 heavy (non-hydrogen) atoms. The third kappa shape index (κ3) is 2.28. The molecule has 0 amide bonds. The van der Waals surface area contributed by atoms with E-state index in [0.29, 0.717) is 16.9 Å². The molecule has 1 aliphatic carbocycles. The van der Waals surface area contributed by atoms with Crippen LogP contribution in [0.25, 0.3) is 5.57 Å². The van der Waals surface area contributed by atoms with Crippen LogP contribution in [0.5, 0.6) is 0 Å². The molecule has 1 aliphatic heterocycles. The molecule has 1 nitrogen and oxygen atoms in total. The molecule has 0 radical (unpaired) electrons. The maximum Gasteiger partial charge on any atom is 0.0462 e. The maximum absolute atomic E-state index is 6.47. The number of nitrogens with zero attached hydrogens (tertiary/aromatic N) is 1. The fraction of sp³-hybridized carbons (Fsp3) is 0.263. The summed E-state index contributed by atoms with van der Waals surface area (Å²) in [4.78, 5) is 2.50. The highest BCUT2D eigenvalue weighted by atomic mass is 35.5. The van der Waals surface area contributed by atoms with Crippen LogP contribution in [-0.4, -0.2) is 18.0 Å². The van der Waals surface area contributed by atoms with E-state index in [1.54, 1.807) is 0 Å². The summed E-state index contributed by atoms with van der Waals surface area (Å²) in [6.07, 6.45) is 0. The summed E-state index contributed by atoms with van der Waals surface area (Å²) < 4.78 is 0. The lowest BCUT2D eigenvalue weighted by molar-refractivity contribution is 0.322. The molecule has 0 spiro atoms. The summed E-state index contributed by atoms with van der Waals surface area (Å²) in [5.41, 5.74) is 4.97. The first-order valence-corrected chi connectivity index (χ1v) is 8.33. The Bertz CT molecular complexity index is 739. The Labute approximate surface area is 141 Å². The van der Waals surface area contributed by atoms with E-state index in [0.717, 1.165) is 24.7 Å². The van der Waals surface area contributed by atoms with Gasteiger partial charge in [-0.25, -0.2) is 0 Å². The largest absolute Gasteiger partial charge is 0.298 e. The second-order valence-corrected chi connectivity index (χ2v) is 7.11. The summed E-state index contributed by atoms with van der Waals surface area (Å²) in [5.74, 6) is 0.922. The highest BCUT2D eigenvalue weighted by molar-refractivity contribution is 6.35. The third-order valence-electron chi connectivity index (χ3n) is 4.90. The second-order valence-electron chi connectivity index (χ2n) is 6.27. The van der Waals surface area contributed by atoms with Gasteiger partial charge in [-0.05, 0) is 34.4 Å². The van der Waals surface area contributed by atoms with Gasteiger partial charge in [0.2, 0.25) is 0 Å².